The van der Waals surface area contributed by atoms with Crippen LogP contribution >= 0.6 is 7.60 Å². The van der Waals surface area contributed by atoms with E-state index in [0.717, 1.165) is 0 Å². The first kappa shape index (κ1) is 13.1. The summed E-state index contributed by atoms with van der Waals surface area (Å²) in [5.74, 6) is 0. The van der Waals surface area contributed by atoms with Gasteiger partial charge in [0.25, 0.3) is 0 Å². The fourth-order valence-electron chi connectivity index (χ4n) is 0.800. The fraction of sp³-hybridized carbons (Fsp3) is 1.00. The maximum atomic E-state index is 11.7. The lowest BCUT2D eigenvalue weighted by Gasteiger charge is -2.16. The first-order valence-electron chi connectivity index (χ1n) is 4.28. The third-order valence-electron chi connectivity index (χ3n) is 1.26. The van der Waals surface area contributed by atoms with Crippen LogP contribution in [-0.4, -0.2) is 42.8 Å². The minimum Gasteiger partial charge on any atom is -0.394 e. The van der Waals surface area contributed by atoms with Crippen molar-refractivity contribution in [3.8, 4) is 0 Å². The van der Waals surface area contributed by atoms with Crippen LogP contribution in [0.1, 0.15) is 13.3 Å². The molecule has 80 valence electrons. The molecule has 0 aliphatic heterocycles. The monoisotopic (exact) mass is 212 g/mol. The van der Waals surface area contributed by atoms with E-state index >= 15 is 0 Å². The van der Waals surface area contributed by atoms with E-state index < -0.39 is 7.60 Å². The van der Waals surface area contributed by atoms with Crippen molar-refractivity contribution in [1.82, 2.24) is 0 Å². The summed E-state index contributed by atoms with van der Waals surface area (Å²) in [6.07, 6.45) is 0.987. The number of aliphatic hydroxyl groups is 2. The van der Waals surface area contributed by atoms with Crippen LogP contribution in [0.15, 0.2) is 0 Å². The molecule has 5 nitrogen and oxygen atoms in total. The standard InChI is InChI=1S/C7H17O5P/c1-2-7-13(10,11-5-3-8)12-6-4-9/h8-9H,2-7H2,1H3. The molecule has 0 heterocycles. The van der Waals surface area contributed by atoms with Crippen molar-refractivity contribution in [3.05, 3.63) is 0 Å². The van der Waals surface area contributed by atoms with E-state index in [4.69, 9.17) is 19.3 Å². The van der Waals surface area contributed by atoms with Crippen molar-refractivity contribution in [2.45, 2.75) is 13.3 Å². The van der Waals surface area contributed by atoms with Crippen molar-refractivity contribution in [1.29, 1.82) is 0 Å². The van der Waals surface area contributed by atoms with Gasteiger partial charge in [-0.2, -0.15) is 0 Å². The number of hydrogen-bond donors (Lipinski definition) is 2. The fourth-order valence-corrected chi connectivity index (χ4v) is 2.40. The van der Waals surface area contributed by atoms with Crippen LogP contribution in [0.5, 0.6) is 0 Å². The molecule has 0 saturated carbocycles. The maximum absolute atomic E-state index is 11.7. The lowest BCUT2D eigenvalue weighted by Crippen LogP contribution is -2.06. The highest BCUT2D eigenvalue weighted by Gasteiger charge is 2.22. The average molecular weight is 212 g/mol. The Labute approximate surface area is 78.2 Å². The van der Waals surface area contributed by atoms with Gasteiger partial charge in [0.15, 0.2) is 0 Å². The Morgan fingerprint density at radius 3 is 1.92 bits per heavy atom. The molecule has 0 bridgehead atoms. The molecule has 2 N–H and O–H groups in total. The van der Waals surface area contributed by atoms with Crippen LogP contribution in [-0.2, 0) is 13.6 Å². The van der Waals surface area contributed by atoms with Gasteiger partial charge in [-0.25, -0.2) is 0 Å². The number of rotatable bonds is 8. The van der Waals surface area contributed by atoms with Crippen molar-refractivity contribution in [2.24, 2.45) is 0 Å². The Morgan fingerprint density at radius 2 is 1.62 bits per heavy atom. The Hall–Kier alpha value is 0.0700. The summed E-state index contributed by atoms with van der Waals surface area (Å²) in [6.45, 7) is 1.50. The minimum absolute atomic E-state index is 0.00268. The number of hydrogen-bond acceptors (Lipinski definition) is 5. The quantitative estimate of drug-likeness (QED) is 0.576. The molecule has 0 spiro atoms. The summed E-state index contributed by atoms with van der Waals surface area (Å²) in [5, 5.41) is 16.9. The Balaban J connectivity index is 3.92. The van der Waals surface area contributed by atoms with Gasteiger partial charge in [0.2, 0.25) is 0 Å². The van der Waals surface area contributed by atoms with Crippen LogP contribution in [0.25, 0.3) is 0 Å². The molecule has 0 aliphatic rings. The van der Waals surface area contributed by atoms with Crippen molar-refractivity contribution in [2.75, 3.05) is 32.6 Å². The van der Waals surface area contributed by atoms with E-state index in [2.05, 4.69) is 0 Å². The van der Waals surface area contributed by atoms with E-state index in [-0.39, 0.29) is 26.4 Å². The predicted molar refractivity (Wildman–Crippen MR) is 48.8 cm³/mol. The van der Waals surface area contributed by atoms with E-state index in [1.807, 2.05) is 6.92 Å². The molecule has 0 unspecified atom stereocenters. The molecular formula is C7H17O5P. The second kappa shape index (κ2) is 7.47. The molecule has 0 atom stereocenters. The van der Waals surface area contributed by atoms with Crippen molar-refractivity contribution < 1.29 is 23.8 Å². The van der Waals surface area contributed by atoms with E-state index in [1.54, 1.807) is 0 Å². The van der Waals surface area contributed by atoms with Gasteiger partial charge in [-0.15, -0.1) is 0 Å². The molecule has 6 heteroatoms. The zero-order chi connectivity index (χ0) is 10.2. The third-order valence-corrected chi connectivity index (χ3v) is 3.40. The van der Waals surface area contributed by atoms with E-state index in [1.165, 1.54) is 0 Å². The summed E-state index contributed by atoms with van der Waals surface area (Å²) in [4.78, 5) is 0. The normalized spacial score (nSPS) is 11.9. The van der Waals surface area contributed by atoms with Gasteiger partial charge in [-0.3, -0.25) is 4.57 Å². The van der Waals surface area contributed by atoms with Gasteiger partial charge < -0.3 is 19.3 Å². The van der Waals surface area contributed by atoms with Gasteiger partial charge in [-0.05, 0) is 6.42 Å². The molecule has 0 saturated heterocycles. The van der Waals surface area contributed by atoms with E-state index in [0.29, 0.717) is 12.6 Å². The SMILES string of the molecule is CCCP(=O)(OCCO)OCCO. The summed E-state index contributed by atoms with van der Waals surface area (Å²) in [6, 6.07) is 0. The third kappa shape index (κ3) is 6.18. The zero-order valence-electron chi connectivity index (χ0n) is 7.81. The second-order valence-corrected chi connectivity index (χ2v) is 4.63. The molecule has 0 radical (unpaired) electrons. The predicted octanol–water partition coefficient (Wildman–Crippen LogP) is 0.607. The highest BCUT2D eigenvalue weighted by molar-refractivity contribution is 7.53. The van der Waals surface area contributed by atoms with Gasteiger partial charge in [0.1, 0.15) is 0 Å². The van der Waals surface area contributed by atoms with Crippen molar-refractivity contribution in [3.63, 3.8) is 0 Å². The lowest BCUT2D eigenvalue weighted by atomic mass is 10.6. The first-order chi connectivity index (χ1) is 6.18. The number of aliphatic hydroxyl groups excluding tert-OH is 2. The lowest BCUT2D eigenvalue weighted by molar-refractivity contribution is 0.141. The highest BCUT2D eigenvalue weighted by Crippen LogP contribution is 2.48. The van der Waals surface area contributed by atoms with Crippen LogP contribution < -0.4 is 0 Å². The Bertz CT molecular complexity index is 149. The summed E-state index contributed by atoms with van der Waals surface area (Å²) in [7, 11) is -3.07. The van der Waals surface area contributed by atoms with Crippen LogP contribution in [0.3, 0.4) is 0 Å². The summed E-state index contributed by atoms with van der Waals surface area (Å²) < 4.78 is 21.5. The zero-order valence-corrected chi connectivity index (χ0v) is 8.70. The van der Waals surface area contributed by atoms with Gasteiger partial charge >= 0.3 is 7.60 Å². The molecule has 13 heavy (non-hydrogen) atoms. The van der Waals surface area contributed by atoms with Crippen LogP contribution in [0.2, 0.25) is 0 Å². The Morgan fingerprint density at radius 1 is 1.15 bits per heavy atom. The topological polar surface area (TPSA) is 76.0 Å². The highest BCUT2D eigenvalue weighted by atomic mass is 31.2. The molecule has 0 amide bonds. The molecule has 0 aromatic carbocycles. The average Bonchev–Trinajstić information content (AvgIpc) is 2.12. The largest absolute Gasteiger partial charge is 0.394 e. The Kier molecular flexibility index (Phi) is 7.51. The van der Waals surface area contributed by atoms with Crippen LogP contribution in [0, 0.1) is 0 Å². The molecule has 0 aliphatic carbocycles. The molecular weight excluding hydrogens is 195 g/mol. The molecule has 0 rings (SSSR count). The smallest absolute Gasteiger partial charge is 0.330 e. The minimum atomic E-state index is -3.07. The van der Waals surface area contributed by atoms with Gasteiger partial charge in [0, 0.05) is 6.16 Å². The maximum Gasteiger partial charge on any atom is 0.330 e. The van der Waals surface area contributed by atoms with Crippen molar-refractivity contribution >= 4 is 7.60 Å². The molecule has 0 fully saturated rings. The van der Waals surface area contributed by atoms with Gasteiger partial charge in [-0.1, -0.05) is 6.92 Å². The summed E-state index contributed by atoms with van der Waals surface area (Å²) in [5.41, 5.74) is 0. The van der Waals surface area contributed by atoms with Crippen LogP contribution in [0.4, 0.5) is 0 Å². The van der Waals surface area contributed by atoms with E-state index in [9.17, 15) is 4.57 Å². The first-order valence-corrected chi connectivity index (χ1v) is 6.01. The molecule has 0 aromatic rings. The molecule has 0 aromatic heterocycles. The summed E-state index contributed by atoms with van der Waals surface area (Å²) >= 11 is 0. The second-order valence-electron chi connectivity index (χ2n) is 2.45. The van der Waals surface area contributed by atoms with Gasteiger partial charge in [0.05, 0.1) is 26.4 Å².